The van der Waals surface area contributed by atoms with Crippen LogP contribution in [0.5, 0.6) is 0 Å². The van der Waals surface area contributed by atoms with Gasteiger partial charge < -0.3 is 0 Å². The molecule has 3 nitrogen and oxygen atoms in total. The summed E-state index contributed by atoms with van der Waals surface area (Å²) >= 11 is 0.489. The van der Waals surface area contributed by atoms with Crippen LogP contribution in [0.15, 0.2) is 0 Å². The fraction of sp³-hybridized carbons (Fsp3) is 0.800. The van der Waals surface area contributed by atoms with E-state index >= 15 is 0 Å². The van der Waals surface area contributed by atoms with Crippen LogP contribution in [0.2, 0.25) is 5.32 Å². The summed E-state index contributed by atoms with van der Waals surface area (Å²) in [7, 11) is 0. The van der Waals surface area contributed by atoms with Crippen LogP contribution in [0.1, 0.15) is 6.92 Å². The van der Waals surface area contributed by atoms with Crippen LogP contribution in [0.4, 0.5) is 0 Å². The van der Waals surface area contributed by atoms with Gasteiger partial charge in [-0.2, -0.15) is 0 Å². The number of rotatable bonds is 1. The van der Waals surface area contributed by atoms with E-state index in [2.05, 4.69) is 5.32 Å². The summed E-state index contributed by atoms with van der Waals surface area (Å²) in [4.78, 5) is 10.7. The summed E-state index contributed by atoms with van der Waals surface area (Å²) in [5.41, 5.74) is 0. The van der Waals surface area contributed by atoms with Crippen molar-refractivity contribution in [1.29, 1.82) is 0 Å². The van der Waals surface area contributed by atoms with Crippen molar-refractivity contribution in [2.45, 2.75) is 23.2 Å². The predicted octanol–water partition coefficient (Wildman–Crippen LogP) is -0.489. The van der Waals surface area contributed by atoms with Gasteiger partial charge in [0, 0.05) is 0 Å². The van der Waals surface area contributed by atoms with Gasteiger partial charge in [0.25, 0.3) is 0 Å². The Labute approximate surface area is 60.0 Å². The van der Waals surface area contributed by atoms with Crippen LogP contribution in [0, 0.1) is 0 Å². The molecule has 1 aliphatic heterocycles. The van der Waals surface area contributed by atoms with Gasteiger partial charge in [0.1, 0.15) is 0 Å². The Kier molecular flexibility index (Phi) is 2.11. The molecule has 9 heavy (non-hydrogen) atoms. The maximum absolute atomic E-state index is 10.3. The first-order chi connectivity index (χ1) is 4.20. The van der Waals surface area contributed by atoms with Crippen molar-refractivity contribution < 1.29 is 9.90 Å². The molecule has 0 unspecified atom stereocenters. The van der Waals surface area contributed by atoms with E-state index in [1.54, 1.807) is 0 Å². The molecule has 0 aromatic carbocycles. The van der Waals surface area contributed by atoms with Gasteiger partial charge in [-0.3, -0.25) is 0 Å². The van der Waals surface area contributed by atoms with Gasteiger partial charge in [0.05, 0.1) is 0 Å². The zero-order valence-corrected chi connectivity index (χ0v) is 6.84. The third-order valence-electron chi connectivity index (χ3n) is 1.25. The molecule has 1 heterocycles. The minimum absolute atomic E-state index is 0.264. The summed E-state index contributed by atoms with van der Waals surface area (Å²) in [6, 6.07) is -0.264. The van der Waals surface area contributed by atoms with Gasteiger partial charge in [0.2, 0.25) is 0 Å². The SMILES string of the molecule is C[C@@H]1N[C@H](C(=O)O)C[Se]1. The second-order valence-electron chi connectivity index (χ2n) is 2.03. The van der Waals surface area contributed by atoms with Gasteiger partial charge in [0.15, 0.2) is 0 Å². The zero-order chi connectivity index (χ0) is 6.85. The number of hydrogen-bond donors (Lipinski definition) is 2. The van der Waals surface area contributed by atoms with Gasteiger partial charge in [-0.25, -0.2) is 0 Å². The van der Waals surface area contributed by atoms with Crippen LogP contribution in [0.3, 0.4) is 0 Å². The van der Waals surface area contributed by atoms with Gasteiger partial charge in [-0.15, -0.1) is 0 Å². The summed E-state index contributed by atoms with van der Waals surface area (Å²) in [5.74, 6) is -0.707. The molecule has 1 aliphatic rings. The normalized spacial score (nSPS) is 34.8. The first kappa shape index (κ1) is 7.06. The van der Waals surface area contributed by atoms with E-state index in [0.29, 0.717) is 19.9 Å². The zero-order valence-electron chi connectivity index (χ0n) is 5.13. The Morgan fingerprint density at radius 3 is 2.78 bits per heavy atom. The molecule has 1 rings (SSSR count). The molecule has 1 fully saturated rings. The molecule has 0 spiro atoms. The summed E-state index contributed by atoms with van der Waals surface area (Å²) < 4.78 is 0. The molecular weight excluding hydrogens is 185 g/mol. The second-order valence-corrected chi connectivity index (χ2v) is 4.92. The van der Waals surface area contributed by atoms with Crippen molar-refractivity contribution in [2.75, 3.05) is 0 Å². The first-order valence-electron chi connectivity index (χ1n) is 2.80. The number of aliphatic carboxylic acids is 1. The fourth-order valence-corrected chi connectivity index (χ4v) is 2.82. The quantitative estimate of drug-likeness (QED) is 0.554. The Bertz CT molecular complexity index is 128. The second kappa shape index (κ2) is 2.69. The molecule has 1 saturated heterocycles. The van der Waals surface area contributed by atoms with Gasteiger partial charge in [-0.05, 0) is 0 Å². The van der Waals surface area contributed by atoms with Crippen molar-refractivity contribution in [2.24, 2.45) is 0 Å². The van der Waals surface area contributed by atoms with E-state index in [4.69, 9.17) is 5.11 Å². The average molecular weight is 194 g/mol. The number of nitrogens with one attached hydrogen (secondary N) is 1. The molecule has 0 radical (unpaired) electrons. The number of carboxylic acid groups (broad SMARTS) is 1. The van der Waals surface area contributed by atoms with E-state index in [1.807, 2.05) is 6.92 Å². The van der Waals surface area contributed by atoms with Crippen LogP contribution in [-0.2, 0) is 4.79 Å². The minimum atomic E-state index is -0.707. The fourth-order valence-electron chi connectivity index (χ4n) is 0.763. The Morgan fingerprint density at radius 1 is 1.89 bits per heavy atom. The summed E-state index contributed by atoms with van der Waals surface area (Å²) in [5, 5.41) is 12.3. The molecule has 4 heteroatoms. The molecule has 2 atom stereocenters. The number of carbonyl (C=O) groups is 1. The molecule has 2 N–H and O–H groups in total. The van der Waals surface area contributed by atoms with Crippen LogP contribution < -0.4 is 5.32 Å². The van der Waals surface area contributed by atoms with E-state index < -0.39 is 5.97 Å². The van der Waals surface area contributed by atoms with Crippen molar-refractivity contribution >= 4 is 20.9 Å². The Hall–Kier alpha value is -0.0505. The van der Waals surface area contributed by atoms with Gasteiger partial charge in [-0.1, -0.05) is 0 Å². The Morgan fingerprint density at radius 2 is 2.56 bits per heavy atom. The topological polar surface area (TPSA) is 49.3 Å². The van der Waals surface area contributed by atoms with Crippen molar-refractivity contribution in [3.63, 3.8) is 0 Å². The van der Waals surface area contributed by atoms with E-state index in [1.165, 1.54) is 0 Å². The molecule has 0 aromatic heterocycles. The molecular formula is C5H9NO2Se. The van der Waals surface area contributed by atoms with Crippen molar-refractivity contribution in [3.05, 3.63) is 0 Å². The molecule has 0 amide bonds. The number of hydrogen-bond acceptors (Lipinski definition) is 2. The van der Waals surface area contributed by atoms with Crippen LogP contribution in [-0.4, -0.2) is 37.0 Å². The average Bonchev–Trinajstić information content (AvgIpc) is 2.14. The van der Waals surface area contributed by atoms with Crippen molar-refractivity contribution in [1.82, 2.24) is 5.32 Å². The molecule has 52 valence electrons. The maximum atomic E-state index is 10.3. The summed E-state index contributed by atoms with van der Waals surface area (Å²) in [6.07, 6.45) is 0. The molecule has 0 bridgehead atoms. The molecule has 0 saturated carbocycles. The Balaban J connectivity index is 2.39. The predicted molar refractivity (Wildman–Crippen MR) is 34.6 cm³/mol. The van der Waals surface area contributed by atoms with E-state index in [0.717, 1.165) is 5.32 Å². The standard InChI is InChI=1S/C5H9NO2Se/c1-3-6-4(2-9-3)5(7)8/h3-4,6H,2H2,1H3,(H,7,8)/t3-,4+/m1/s1. The molecule has 0 aromatic rings. The monoisotopic (exact) mass is 195 g/mol. The van der Waals surface area contributed by atoms with Crippen LogP contribution >= 0.6 is 0 Å². The first-order valence-corrected chi connectivity index (χ1v) is 5.00. The van der Waals surface area contributed by atoms with E-state index in [-0.39, 0.29) is 6.04 Å². The third-order valence-corrected chi connectivity index (χ3v) is 3.68. The third kappa shape index (κ3) is 1.68. The van der Waals surface area contributed by atoms with Crippen molar-refractivity contribution in [3.8, 4) is 0 Å². The molecule has 0 aliphatic carbocycles. The summed E-state index contributed by atoms with van der Waals surface area (Å²) in [6.45, 7) is 2.03. The van der Waals surface area contributed by atoms with E-state index in [9.17, 15) is 4.79 Å². The van der Waals surface area contributed by atoms with Gasteiger partial charge >= 0.3 is 59.4 Å². The van der Waals surface area contributed by atoms with Crippen LogP contribution in [0.25, 0.3) is 0 Å². The number of carboxylic acids is 1.